The fraction of sp³-hybridized carbons (Fsp3) is 0.385. The van der Waals surface area contributed by atoms with Crippen molar-refractivity contribution in [2.24, 2.45) is 10.2 Å². The predicted octanol–water partition coefficient (Wildman–Crippen LogP) is 1.64. The quantitative estimate of drug-likeness (QED) is 0.441. The summed E-state index contributed by atoms with van der Waals surface area (Å²) in [6.07, 6.45) is 1.79. The third-order valence-corrected chi connectivity index (χ3v) is 1.89. The van der Waals surface area contributed by atoms with Gasteiger partial charge >= 0.3 is 0 Å². The largest absolute Gasteiger partial charge is 0.303 e. The first-order valence-electron chi connectivity index (χ1n) is 5.57. The lowest BCUT2D eigenvalue weighted by molar-refractivity contribution is -0.876. The fourth-order valence-electron chi connectivity index (χ4n) is 1.26. The van der Waals surface area contributed by atoms with Gasteiger partial charge in [0.2, 0.25) is 0 Å². The van der Waals surface area contributed by atoms with E-state index >= 15 is 0 Å². The van der Waals surface area contributed by atoms with E-state index in [9.17, 15) is 0 Å². The highest BCUT2D eigenvalue weighted by Crippen LogP contribution is 2.03. The van der Waals surface area contributed by atoms with Crippen LogP contribution in [0, 0.1) is 0 Å². The molecule has 92 valence electrons. The van der Waals surface area contributed by atoms with Crippen LogP contribution < -0.4 is 0 Å². The Morgan fingerprint density at radius 2 is 1.71 bits per heavy atom. The molecule has 0 aromatic heterocycles. The summed E-state index contributed by atoms with van der Waals surface area (Å²) < 4.78 is 0.518. The zero-order valence-corrected chi connectivity index (χ0v) is 11.3. The van der Waals surface area contributed by atoms with Crippen LogP contribution in [0.5, 0.6) is 0 Å². The summed E-state index contributed by atoms with van der Waals surface area (Å²) >= 11 is 0. The van der Waals surface area contributed by atoms with Crippen molar-refractivity contribution in [2.75, 3.05) is 35.2 Å². The average Bonchev–Trinajstić information content (AvgIpc) is 2.24. The molecule has 0 unspecified atom stereocenters. The third-order valence-electron chi connectivity index (χ3n) is 1.89. The maximum Gasteiger partial charge on any atom is 0.146 e. The number of nitrogens with zero attached hydrogens (tertiary/aromatic N) is 4. The molecule has 1 aromatic rings. The van der Waals surface area contributed by atoms with E-state index in [-0.39, 0.29) is 0 Å². The van der Waals surface area contributed by atoms with E-state index in [0.717, 1.165) is 11.3 Å². The highest BCUT2D eigenvalue weighted by atomic mass is 15.6. The molecule has 0 aliphatic heterocycles. The SMILES string of the molecule is CN(C)/N=C/C(=N\[N+](C)(C)C)c1ccccc1. The molecule has 1 rings (SSSR count). The van der Waals surface area contributed by atoms with Gasteiger partial charge in [-0.1, -0.05) is 35.4 Å². The summed E-state index contributed by atoms with van der Waals surface area (Å²) in [7, 11) is 9.85. The molecule has 0 radical (unpaired) electrons. The summed E-state index contributed by atoms with van der Waals surface area (Å²) in [4.78, 5) is 0. The van der Waals surface area contributed by atoms with Crippen LogP contribution in [0.1, 0.15) is 5.56 Å². The maximum absolute atomic E-state index is 4.63. The molecule has 0 saturated heterocycles. The van der Waals surface area contributed by atoms with Crippen LogP contribution in [0.15, 0.2) is 40.5 Å². The van der Waals surface area contributed by atoms with Gasteiger partial charge in [-0.2, -0.15) is 5.10 Å². The molecule has 0 heterocycles. The Morgan fingerprint density at radius 3 is 2.18 bits per heavy atom. The van der Waals surface area contributed by atoms with Crippen LogP contribution in [0.3, 0.4) is 0 Å². The van der Waals surface area contributed by atoms with Gasteiger partial charge in [0.15, 0.2) is 0 Å². The van der Waals surface area contributed by atoms with Crippen LogP contribution in [0.2, 0.25) is 0 Å². The smallest absolute Gasteiger partial charge is 0.146 e. The van der Waals surface area contributed by atoms with Crippen molar-refractivity contribution in [3.8, 4) is 0 Å². The Balaban J connectivity index is 3.08. The van der Waals surface area contributed by atoms with Crippen LogP contribution in [-0.4, -0.2) is 56.8 Å². The van der Waals surface area contributed by atoms with Crippen LogP contribution in [-0.2, 0) is 0 Å². The molecule has 4 heteroatoms. The number of hydrazone groups is 1. The number of hydrogen-bond acceptors (Lipinski definition) is 3. The predicted molar refractivity (Wildman–Crippen MR) is 73.2 cm³/mol. The van der Waals surface area contributed by atoms with E-state index in [4.69, 9.17) is 0 Å². The first-order valence-corrected chi connectivity index (χ1v) is 5.57. The van der Waals surface area contributed by atoms with Crippen molar-refractivity contribution in [3.63, 3.8) is 0 Å². The second-order valence-corrected chi connectivity index (χ2v) is 4.88. The van der Waals surface area contributed by atoms with Gasteiger partial charge in [-0.05, 0) is 0 Å². The second kappa shape index (κ2) is 5.59. The molecule has 4 nitrogen and oxygen atoms in total. The molecule has 0 fully saturated rings. The van der Waals surface area contributed by atoms with Gasteiger partial charge in [0.25, 0.3) is 0 Å². The highest BCUT2D eigenvalue weighted by Gasteiger charge is 2.09. The van der Waals surface area contributed by atoms with Crippen molar-refractivity contribution < 1.29 is 4.59 Å². The topological polar surface area (TPSA) is 28.0 Å². The monoisotopic (exact) mass is 233 g/mol. The minimum atomic E-state index is 0.518. The number of quaternary nitrogens is 1. The zero-order valence-electron chi connectivity index (χ0n) is 11.3. The number of rotatable bonds is 4. The summed E-state index contributed by atoms with van der Waals surface area (Å²) in [6.45, 7) is 0. The molecule has 0 aliphatic carbocycles. The standard InChI is InChI=1S/C13H21N4/c1-16(2)14-11-13(15-17(3,4)5)12-9-7-6-8-10-12/h6-11H,1-5H3/q+1/b14-11+,15-13+. The Kier molecular flexibility index (Phi) is 4.40. The lowest BCUT2D eigenvalue weighted by atomic mass is 10.1. The Labute approximate surface area is 103 Å². The molecule has 1 aromatic carbocycles. The van der Waals surface area contributed by atoms with Gasteiger partial charge in [0, 0.05) is 19.7 Å². The molecular formula is C13H21N4+. The average molecular weight is 233 g/mol. The molecular weight excluding hydrogens is 212 g/mol. The Bertz CT molecular complexity index is 399. The molecule has 0 saturated carbocycles. The van der Waals surface area contributed by atoms with E-state index in [1.807, 2.05) is 65.6 Å². The lowest BCUT2D eigenvalue weighted by Gasteiger charge is -2.16. The first-order chi connectivity index (χ1) is 7.88. The molecule has 0 atom stereocenters. The van der Waals surface area contributed by atoms with Gasteiger partial charge in [-0.3, -0.25) is 0 Å². The summed E-state index contributed by atoms with van der Waals surface area (Å²) in [5.41, 5.74) is 1.96. The lowest BCUT2D eigenvalue weighted by Crippen LogP contribution is -2.30. The summed E-state index contributed by atoms with van der Waals surface area (Å²) in [5, 5.41) is 10.6. The van der Waals surface area contributed by atoms with Gasteiger partial charge in [-0.25, -0.2) is 4.59 Å². The summed E-state index contributed by atoms with van der Waals surface area (Å²) in [6, 6.07) is 10.1. The third kappa shape index (κ3) is 5.26. The van der Waals surface area contributed by atoms with E-state index in [2.05, 4.69) is 10.2 Å². The van der Waals surface area contributed by atoms with Gasteiger partial charge in [0.1, 0.15) is 5.71 Å². The van der Waals surface area contributed by atoms with Crippen LogP contribution in [0.4, 0.5) is 0 Å². The molecule has 0 spiro atoms. The van der Waals surface area contributed by atoms with Crippen molar-refractivity contribution >= 4 is 11.9 Å². The van der Waals surface area contributed by atoms with E-state index in [0.29, 0.717) is 4.59 Å². The van der Waals surface area contributed by atoms with Crippen molar-refractivity contribution in [2.45, 2.75) is 0 Å². The zero-order chi connectivity index (χ0) is 12.9. The Hall–Kier alpha value is -1.68. The molecule has 0 bridgehead atoms. The first kappa shape index (κ1) is 13.4. The van der Waals surface area contributed by atoms with Gasteiger partial charge in [-0.15, -0.1) is 0 Å². The maximum atomic E-state index is 4.63. The molecule has 17 heavy (non-hydrogen) atoms. The van der Waals surface area contributed by atoms with Crippen LogP contribution in [0.25, 0.3) is 0 Å². The highest BCUT2D eigenvalue weighted by molar-refractivity contribution is 6.37. The van der Waals surface area contributed by atoms with Crippen molar-refractivity contribution in [3.05, 3.63) is 35.9 Å². The van der Waals surface area contributed by atoms with Gasteiger partial charge < -0.3 is 5.01 Å². The van der Waals surface area contributed by atoms with Crippen molar-refractivity contribution in [1.82, 2.24) is 5.01 Å². The molecule has 0 N–H and O–H groups in total. The fourth-order valence-corrected chi connectivity index (χ4v) is 1.26. The molecule has 0 amide bonds. The van der Waals surface area contributed by atoms with E-state index < -0.39 is 0 Å². The normalized spacial score (nSPS) is 13.1. The minimum absolute atomic E-state index is 0.518. The number of hydrogen-bond donors (Lipinski definition) is 0. The minimum Gasteiger partial charge on any atom is -0.303 e. The van der Waals surface area contributed by atoms with Crippen LogP contribution >= 0.6 is 0 Å². The van der Waals surface area contributed by atoms with E-state index in [1.54, 1.807) is 11.2 Å². The van der Waals surface area contributed by atoms with E-state index in [1.165, 1.54) is 0 Å². The van der Waals surface area contributed by atoms with Crippen molar-refractivity contribution in [1.29, 1.82) is 0 Å². The molecule has 0 aliphatic rings. The number of benzene rings is 1. The Morgan fingerprint density at radius 1 is 1.12 bits per heavy atom. The van der Waals surface area contributed by atoms with Gasteiger partial charge in [0.05, 0.1) is 27.4 Å². The summed E-state index contributed by atoms with van der Waals surface area (Å²) in [5.74, 6) is 0. The second-order valence-electron chi connectivity index (χ2n) is 4.88.